The molecule has 0 bridgehead atoms. The van der Waals surface area contributed by atoms with Crippen LogP contribution in [0.4, 0.5) is 0 Å². The average molecular weight is 413 g/mol. The van der Waals surface area contributed by atoms with Gasteiger partial charge in [0.25, 0.3) is 5.91 Å². The fourth-order valence-electron chi connectivity index (χ4n) is 3.29. The summed E-state index contributed by atoms with van der Waals surface area (Å²) in [6.07, 6.45) is 3.08. The van der Waals surface area contributed by atoms with Gasteiger partial charge in [0.2, 0.25) is 5.43 Å². The van der Waals surface area contributed by atoms with E-state index in [0.717, 1.165) is 24.3 Å². The van der Waals surface area contributed by atoms with Gasteiger partial charge < -0.3 is 15.0 Å². The number of ether oxygens (including phenoxy) is 1. The third kappa shape index (κ3) is 4.64. The van der Waals surface area contributed by atoms with Gasteiger partial charge >= 0.3 is 0 Å². The molecule has 0 saturated carbocycles. The Morgan fingerprint density at radius 3 is 2.76 bits per heavy atom. The van der Waals surface area contributed by atoms with Gasteiger partial charge in [-0.15, -0.1) is 0 Å². The number of fused-ring (bicyclic) bond motifs is 1. The minimum absolute atomic E-state index is 0.0787. The van der Waals surface area contributed by atoms with Crippen LogP contribution >= 0.6 is 11.6 Å². The summed E-state index contributed by atoms with van der Waals surface area (Å²) < 4.78 is 5.36. The van der Waals surface area contributed by atoms with Crippen LogP contribution in [0.3, 0.4) is 0 Å². The molecular weight excluding hydrogens is 392 g/mol. The Balaban J connectivity index is 1.52. The van der Waals surface area contributed by atoms with Crippen LogP contribution in [0.25, 0.3) is 10.9 Å². The number of rotatable bonds is 5. The van der Waals surface area contributed by atoms with Crippen molar-refractivity contribution in [3.8, 4) is 0 Å². The average Bonchev–Trinajstić information content (AvgIpc) is 2.74. The zero-order valence-corrected chi connectivity index (χ0v) is 16.5. The van der Waals surface area contributed by atoms with Crippen LogP contribution in [-0.4, -0.2) is 47.1 Å². The van der Waals surface area contributed by atoms with Crippen LogP contribution in [-0.2, 0) is 17.8 Å². The first kappa shape index (κ1) is 19.6. The van der Waals surface area contributed by atoms with Gasteiger partial charge in [0.1, 0.15) is 5.56 Å². The van der Waals surface area contributed by atoms with E-state index in [0.29, 0.717) is 42.2 Å². The molecule has 3 heterocycles. The van der Waals surface area contributed by atoms with E-state index in [-0.39, 0.29) is 11.0 Å². The molecule has 1 saturated heterocycles. The molecule has 0 spiro atoms. The SMILES string of the molecule is O=C(NCc1ccc(Cl)cc1)c1c[nH]c2cnc(CN3CCOCC3)cc2c1=O. The standard InChI is InChI=1S/C21H21ClN4O3/c22-15-3-1-14(2-4-15)10-25-21(28)18-11-24-19-12-23-16(9-17(19)20(18)27)13-26-5-7-29-8-6-26/h1-4,9,11-12H,5-8,10,13H2,(H,24,27)(H,25,28). The number of aromatic nitrogens is 2. The third-order valence-electron chi connectivity index (χ3n) is 4.92. The summed E-state index contributed by atoms with van der Waals surface area (Å²) in [6, 6.07) is 8.94. The highest BCUT2D eigenvalue weighted by molar-refractivity contribution is 6.30. The van der Waals surface area contributed by atoms with Crippen molar-refractivity contribution < 1.29 is 9.53 Å². The number of aromatic amines is 1. The number of nitrogens with one attached hydrogen (secondary N) is 2. The lowest BCUT2D eigenvalue weighted by Crippen LogP contribution is -2.35. The zero-order valence-electron chi connectivity index (χ0n) is 15.8. The topological polar surface area (TPSA) is 87.3 Å². The van der Waals surface area contributed by atoms with E-state index < -0.39 is 5.91 Å². The maximum absolute atomic E-state index is 12.9. The van der Waals surface area contributed by atoms with Gasteiger partial charge in [-0.2, -0.15) is 0 Å². The first-order chi connectivity index (χ1) is 14.1. The van der Waals surface area contributed by atoms with Crippen LogP contribution < -0.4 is 10.7 Å². The van der Waals surface area contributed by atoms with E-state index in [4.69, 9.17) is 16.3 Å². The molecule has 2 aromatic heterocycles. The molecule has 0 radical (unpaired) electrons. The van der Waals surface area contributed by atoms with Gasteiger partial charge in [0.15, 0.2) is 0 Å². The summed E-state index contributed by atoms with van der Waals surface area (Å²) in [5.74, 6) is -0.422. The maximum Gasteiger partial charge on any atom is 0.257 e. The Morgan fingerprint density at radius 2 is 2.00 bits per heavy atom. The maximum atomic E-state index is 12.9. The van der Waals surface area contributed by atoms with Gasteiger partial charge in [-0.05, 0) is 23.8 Å². The normalized spacial score (nSPS) is 14.8. The minimum atomic E-state index is -0.422. The quantitative estimate of drug-likeness (QED) is 0.671. The Morgan fingerprint density at radius 1 is 1.24 bits per heavy atom. The first-order valence-corrected chi connectivity index (χ1v) is 9.81. The lowest BCUT2D eigenvalue weighted by molar-refractivity contribution is 0.0337. The van der Waals surface area contributed by atoms with Crippen LogP contribution in [0.2, 0.25) is 5.02 Å². The summed E-state index contributed by atoms with van der Waals surface area (Å²) in [5, 5.41) is 3.87. The van der Waals surface area contributed by atoms with Crippen molar-refractivity contribution in [3.63, 3.8) is 0 Å². The van der Waals surface area contributed by atoms with Crippen molar-refractivity contribution in [1.29, 1.82) is 0 Å². The monoisotopic (exact) mass is 412 g/mol. The molecule has 1 aliphatic rings. The van der Waals surface area contributed by atoms with Crippen molar-refractivity contribution in [2.45, 2.75) is 13.1 Å². The van der Waals surface area contributed by atoms with E-state index in [1.165, 1.54) is 6.20 Å². The summed E-state index contributed by atoms with van der Waals surface area (Å²) >= 11 is 5.87. The molecule has 3 aromatic rings. The Labute approximate surface area is 172 Å². The van der Waals surface area contributed by atoms with Crippen LogP contribution in [0, 0.1) is 0 Å². The van der Waals surface area contributed by atoms with E-state index >= 15 is 0 Å². The lowest BCUT2D eigenvalue weighted by Gasteiger charge is -2.26. The predicted molar refractivity (Wildman–Crippen MR) is 111 cm³/mol. The number of hydrogen-bond donors (Lipinski definition) is 2. The third-order valence-corrected chi connectivity index (χ3v) is 5.17. The van der Waals surface area contributed by atoms with Crippen molar-refractivity contribution in [2.24, 2.45) is 0 Å². The van der Waals surface area contributed by atoms with Crippen molar-refractivity contribution in [3.05, 3.63) is 74.8 Å². The fraction of sp³-hybridized carbons (Fsp3) is 0.286. The number of benzene rings is 1. The highest BCUT2D eigenvalue weighted by Gasteiger charge is 2.15. The Bertz CT molecular complexity index is 1080. The molecule has 150 valence electrons. The van der Waals surface area contributed by atoms with Gasteiger partial charge in [-0.25, -0.2) is 0 Å². The highest BCUT2D eigenvalue weighted by atomic mass is 35.5. The number of pyridine rings is 2. The van der Waals surface area contributed by atoms with E-state index in [2.05, 4.69) is 20.2 Å². The number of carbonyl (C=O) groups is 1. The summed E-state index contributed by atoms with van der Waals surface area (Å²) in [7, 11) is 0. The second-order valence-electron chi connectivity index (χ2n) is 6.95. The van der Waals surface area contributed by atoms with Crippen molar-refractivity contribution in [1.82, 2.24) is 20.2 Å². The van der Waals surface area contributed by atoms with Crippen molar-refractivity contribution >= 4 is 28.4 Å². The summed E-state index contributed by atoms with van der Waals surface area (Å²) in [6.45, 7) is 4.03. The first-order valence-electron chi connectivity index (χ1n) is 9.43. The van der Waals surface area contributed by atoms with Gasteiger partial charge in [-0.1, -0.05) is 23.7 Å². The van der Waals surface area contributed by atoms with Crippen molar-refractivity contribution in [2.75, 3.05) is 26.3 Å². The Kier molecular flexibility index (Phi) is 5.89. The highest BCUT2D eigenvalue weighted by Crippen LogP contribution is 2.12. The molecule has 1 aliphatic heterocycles. The fourth-order valence-corrected chi connectivity index (χ4v) is 3.41. The molecule has 1 aromatic carbocycles. The number of hydrogen-bond acceptors (Lipinski definition) is 5. The van der Waals surface area contributed by atoms with E-state index in [9.17, 15) is 9.59 Å². The molecule has 1 amide bonds. The van der Waals surface area contributed by atoms with Gasteiger partial charge in [0.05, 0.1) is 30.6 Å². The molecule has 2 N–H and O–H groups in total. The molecular formula is C21H21ClN4O3. The molecule has 29 heavy (non-hydrogen) atoms. The molecule has 4 rings (SSSR count). The molecule has 0 unspecified atom stereocenters. The number of halogens is 1. The molecule has 7 nitrogen and oxygen atoms in total. The summed E-state index contributed by atoms with van der Waals surface area (Å²) in [5.41, 5.74) is 2.07. The molecule has 0 aliphatic carbocycles. The van der Waals surface area contributed by atoms with Gasteiger partial charge in [0, 0.05) is 42.8 Å². The lowest BCUT2D eigenvalue weighted by atomic mass is 10.1. The second-order valence-corrected chi connectivity index (χ2v) is 7.39. The van der Waals surface area contributed by atoms with Crippen LogP contribution in [0.5, 0.6) is 0 Å². The summed E-state index contributed by atoms with van der Waals surface area (Å²) in [4.78, 5) is 35.1. The minimum Gasteiger partial charge on any atom is -0.379 e. The largest absolute Gasteiger partial charge is 0.379 e. The molecule has 1 fully saturated rings. The second kappa shape index (κ2) is 8.73. The number of amides is 1. The number of morpholine rings is 1. The zero-order chi connectivity index (χ0) is 20.2. The van der Waals surface area contributed by atoms with Crippen LogP contribution in [0.1, 0.15) is 21.6 Å². The molecule has 0 atom stereocenters. The van der Waals surface area contributed by atoms with Crippen LogP contribution in [0.15, 0.2) is 47.5 Å². The predicted octanol–water partition coefficient (Wildman–Crippen LogP) is 2.34. The van der Waals surface area contributed by atoms with Gasteiger partial charge in [-0.3, -0.25) is 19.5 Å². The number of H-pyrrole nitrogens is 1. The number of nitrogens with zero attached hydrogens (tertiary/aromatic N) is 2. The molecule has 8 heteroatoms. The van der Waals surface area contributed by atoms with E-state index in [1.54, 1.807) is 24.4 Å². The Hall–Kier alpha value is -2.74. The smallest absolute Gasteiger partial charge is 0.257 e. The van der Waals surface area contributed by atoms with E-state index in [1.807, 2.05) is 12.1 Å². The number of carbonyl (C=O) groups excluding carboxylic acids is 1.